The SMILES string of the molecule is Cc1cc(C)c(C#N)c(N2CCCOCC2)n1. The van der Waals surface area contributed by atoms with Crippen LogP contribution in [0.2, 0.25) is 0 Å². The molecular formula is C13H17N3O. The first-order valence-corrected chi connectivity index (χ1v) is 5.93. The number of hydrogen-bond acceptors (Lipinski definition) is 4. The van der Waals surface area contributed by atoms with Crippen molar-refractivity contribution in [2.24, 2.45) is 0 Å². The zero-order chi connectivity index (χ0) is 12.3. The molecule has 2 heterocycles. The summed E-state index contributed by atoms with van der Waals surface area (Å²) < 4.78 is 5.43. The first kappa shape index (κ1) is 11.9. The van der Waals surface area contributed by atoms with Gasteiger partial charge in [-0.15, -0.1) is 0 Å². The van der Waals surface area contributed by atoms with Crippen molar-refractivity contribution in [2.45, 2.75) is 20.3 Å². The van der Waals surface area contributed by atoms with E-state index in [1.807, 2.05) is 19.9 Å². The zero-order valence-corrected chi connectivity index (χ0v) is 10.4. The second-order valence-electron chi connectivity index (χ2n) is 4.34. The summed E-state index contributed by atoms with van der Waals surface area (Å²) in [4.78, 5) is 6.68. The lowest BCUT2D eigenvalue weighted by molar-refractivity contribution is 0.152. The lowest BCUT2D eigenvalue weighted by Gasteiger charge is -2.22. The Morgan fingerprint density at radius 1 is 1.35 bits per heavy atom. The van der Waals surface area contributed by atoms with Crippen LogP contribution in [0.25, 0.3) is 0 Å². The van der Waals surface area contributed by atoms with Gasteiger partial charge in [-0.1, -0.05) is 0 Å². The molecule has 90 valence electrons. The molecule has 0 bridgehead atoms. The molecule has 1 aliphatic rings. The van der Waals surface area contributed by atoms with Gasteiger partial charge in [0.2, 0.25) is 0 Å². The number of nitrogens with zero attached hydrogens (tertiary/aromatic N) is 3. The monoisotopic (exact) mass is 231 g/mol. The molecule has 0 aliphatic carbocycles. The van der Waals surface area contributed by atoms with E-state index >= 15 is 0 Å². The number of aryl methyl sites for hydroxylation is 2. The molecule has 4 heteroatoms. The van der Waals surface area contributed by atoms with Crippen LogP contribution in [0, 0.1) is 25.2 Å². The molecule has 4 nitrogen and oxygen atoms in total. The molecule has 1 aliphatic heterocycles. The maximum atomic E-state index is 9.24. The smallest absolute Gasteiger partial charge is 0.147 e. The minimum absolute atomic E-state index is 0.692. The van der Waals surface area contributed by atoms with E-state index in [-0.39, 0.29) is 0 Å². The average Bonchev–Trinajstić information content (AvgIpc) is 2.56. The Kier molecular flexibility index (Phi) is 3.60. The summed E-state index contributed by atoms with van der Waals surface area (Å²) in [6, 6.07) is 4.22. The summed E-state index contributed by atoms with van der Waals surface area (Å²) in [6.07, 6.45) is 0.986. The van der Waals surface area contributed by atoms with Crippen molar-refractivity contribution in [1.29, 1.82) is 5.26 Å². The van der Waals surface area contributed by atoms with Crippen LogP contribution in [0.1, 0.15) is 23.2 Å². The van der Waals surface area contributed by atoms with Gasteiger partial charge in [0.15, 0.2) is 0 Å². The second-order valence-corrected chi connectivity index (χ2v) is 4.34. The highest BCUT2D eigenvalue weighted by Crippen LogP contribution is 2.22. The van der Waals surface area contributed by atoms with E-state index in [4.69, 9.17) is 4.74 Å². The molecule has 1 aromatic rings. The topological polar surface area (TPSA) is 49.2 Å². The molecular weight excluding hydrogens is 214 g/mol. The molecule has 2 rings (SSSR count). The van der Waals surface area contributed by atoms with Gasteiger partial charge in [-0.25, -0.2) is 4.98 Å². The molecule has 0 amide bonds. The van der Waals surface area contributed by atoms with Crippen molar-refractivity contribution in [3.05, 3.63) is 22.9 Å². The Hall–Kier alpha value is -1.60. The molecule has 1 fully saturated rings. The van der Waals surface area contributed by atoms with Crippen LogP contribution in [0.3, 0.4) is 0 Å². The van der Waals surface area contributed by atoms with E-state index < -0.39 is 0 Å². The van der Waals surface area contributed by atoms with Crippen LogP contribution in [0.4, 0.5) is 5.82 Å². The van der Waals surface area contributed by atoms with Crippen molar-refractivity contribution in [1.82, 2.24) is 4.98 Å². The average molecular weight is 231 g/mol. The quantitative estimate of drug-likeness (QED) is 0.739. The Morgan fingerprint density at radius 2 is 2.18 bits per heavy atom. The molecule has 0 aromatic carbocycles. The molecule has 0 spiro atoms. The van der Waals surface area contributed by atoms with Gasteiger partial charge in [0.25, 0.3) is 0 Å². The molecule has 0 atom stereocenters. The summed E-state index contributed by atoms with van der Waals surface area (Å²) in [7, 11) is 0. The third-order valence-corrected chi connectivity index (χ3v) is 2.96. The van der Waals surface area contributed by atoms with Crippen LogP contribution in [0.15, 0.2) is 6.07 Å². The van der Waals surface area contributed by atoms with Crippen molar-refractivity contribution >= 4 is 5.82 Å². The number of aromatic nitrogens is 1. The molecule has 0 radical (unpaired) electrons. The number of nitriles is 1. The predicted molar refractivity (Wildman–Crippen MR) is 66.1 cm³/mol. The Balaban J connectivity index is 2.39. The molecule has 17 heavy (non-hydrogen) atoms. The maximum absolute atomic E-state index is 9.24. The number of pyridine rings is 1. The highest BCUT2D eigenvalue weighted by Gasteiger charge is 2.17. The predicted octanol–water partition coefficient (Wildman–Crippen LogP) is 1.80. The van der Waals surface area contributed by atoms with Crippen molar-refractivity contribution < 1.29 is 4.74 Å². The van der Waals surface area contributed by atoms with Crippen molar-refractivity contribution in [2.75, 3.05) is 31.2 Å². The Bertz CT molecular complexity index is 443. The summed E-state index contributed by atoms with van der Waals surface area (Å²) >= 11 is 0. The fraction of sp³-hybridized carbons (Fsp3) is 0.538. The molecule has 0 unspecified atom stereocenters. The normalized spacial score (nSPS) is 16.4. The number of ether oxygens (including phenoxy) is 1. The van der Waals surface area contributed by atoms with E-state index in [1.54, 1.807) is 0 Å². The van der Waals surface area contributed by atoms with Gasteiger partial charge in [-0.2, -0.15) is 5.26 Å². The molecule has 0 saturated carbocycles. The van der Waals surface area contributed by atoms with E-state index in [1.165, 1.54) is 0 Å². The summed E-state index contributed by atoms with van der Waals surface area (Å²) in [5, 5.41) is 9.24. The maximum Gasteiger partial charge on any atom is 0.147 e. The van der Waals surface area contributed by atoms with Crippen molar-refractivity contribution in [3.63, 3.8) is 0 Å². The van der Waals surface area contributed by atoms with E-state index in [0.717, 1.165) is 43.2 Å². The van der Waals surface area contributed by atoms with Crippen LogP contribution in [0.5, 0.6) is 0 Å². The van der Waals surface area contributed by atoms with Gasteiger partial charge in [-0.3, -0.25) is 0 Å². The minimum Gasteiger partial charge on any atom is -0.380 e. The van der Waals surface area contributed by atoms with Gasteiger partial charge in [0.05, 0.1) is 12.2 Å². The van der Waals surface area contributed by atoms with Crippen LogP contribution in [-0.4, -0.2) is 31.3 Å². The lowest BCUT2D eigenvalue weighted by Crippen LogP contribution is -2.28. The third kappa shape index (κ3) is 2.56. The summed E-state index contributed by atoms with van der Waals surface area (Å²) in [6.45, 7) is 7.15. The Morgan fingerprint density at radius 3 is 2.94 bits per heavy atom. The van der Waals surface area contributed by atoms with Crippen LogP contribution >= 0.6 is 0 Å². The number of hydrogen-bond donors (Lipinski definition) is 0. The van der Waals surface area contributed by atoms with E-state index in [9.17, 15) is 5.26 Å². The zero-order valence-electron chi connectivity index (χ0n) is 10.4. The fourth-order valence-corrected chi connectivity index (χ4v) is 2.14. The molecule has 1 aromatic heterocycles. The second kappa shape index (κ2) is 5.15. The summed E-state index contributed by atoms with van der Waals surface area (Å²) in [5.74, 6) is 0.815. The van der Waals surface area contributed by atoms with Gasteiger partial charge in [0, 0.05) is 25.4 Å². The largest absolute Gasteiger partial charge is 0.380 e. The van der Waals surface area contributed by atoms with Gasteiger partial charge < -0.3 is 9.64 Å². The number of rotatable bonds is 1. The minimum atomic E-state index is 0.692. The Labute approximate surface area is 102 Å². The standard InChI is InChI=1S/C13H17N3O/c1-10-8-11(2)15-13(12(10)9-14)16-4-3-6-17-7-5-16/h8H,3-7H2,1-2H3. The highest BCUT2D eigenvalue weighted by atomic mass is 16.5. The number of anilines is 1. The third-order valence-electron chi connectivity index (χ3n) is 2.96. The van der Waals surface area contributed by atoms with Gasteiger partial charge in [-0.05, 0) is 31.9 Å². The summed E-state index contributed by atoms with van der Waals surface area (Å²) in [5.41, 5.74) is 2.65. The highest BCUT2D eigenvalue weighted by molar-refractivity contribution is 5.58. The van der Waals surface area contributed by atoms with Crippen LogP contribution < -0.4 is 4.90 Å². The van der Waals surface area contributed by atoms with Gasteiger partial charge >= 0.3 is 0 Å². The lowest BCUT2D eigenvalue weighted by atomic mass is 10.1. The fourth-order valence-electron chi connectivity index (χ4n) is 2.14. The van der Waals surface area contributed by atoms with E-state index in [0.29, 0.717) is 12.2 Å². The van der Waals surface area contributed by atoms with Gasteiger partial charge in [0.1, 0.15) is 11.9 Å². The molecule has 1 saturated heterocycles. The van der Waals surface area contributed by atoms with Crippen molar-refractivity contribution in [3.8, 4) is 6.07 Å². The first-order valence-electron chi connectivity index (χ1n) is 5.93. The van der Waals surface area contributed by atoms with E-state index in [2.05, 4.69) is 16.0 Å². The first-order chi connectivity index (χ1) is 8.22. The van der Waals surface area contributed by atoms with Crippen LogP contribution in [-0.2, 0) is 4.74 Å². The molecule has 0 N–H and O–H groups in total.